The van der Waals surface area contributed by atoms with Gasteiger partial charge < -0.3 is 10.1 Å². The Balaban J connectivity index is 1.72. The van der Waals surface area contributed by atoms with Gasteiger partial charge in [0, 0.05) is 12.2 Å². The maximum atomic E-state index is 13.8. The van der Waals surface area contributed by atoms with Crippen LogP contribution in [0.4, 0.5) is 14.9 Å². The Bertz CT molecular complexity index is 733. The van der Waals surface area contributed by atoms with E-state index < -0.39 is 5.82 Å². The monoisotopic (exact) mass is 314 g/mol. The predicted octanol–water partition coefficient (Wildman–Crippen LogP) is 3.67. The minimum absolute atomic E-state index is 0.168. The first-order valence-electron chi connectivity index (χ1n) is 7.59. The summed E-state index contributed by atoms with van der Waals surface area (Å²) in [5.41, 5.74) is 2.81. The van der Waals surface area contributed by atoms with Crippen molar-refractivity contribution in [2.24, 2.45) is 0 Å². The number of hydrogen-bond donors (Lipinski definition) is 1. The largest absolute Gasteiger partial charge is 0.494 e. The number of urea groups is 1. The number of anilines is 1. The zero-order valence-corrected chi connectivity index (χ0v) is 13.2. The van der Waals surface area contributed by atoms with Gasteiger partial charge in [-0.15, -0.1) is 0 Å². The van der Waals surface area contributed by atoms with Crippen LogP contribution >= 0.6 is 0 Å². The van der Waals surface area contributed by atoms with Gasteiger partial charge in [-0.1, -0.05) is 24.3 Å². The van der Waals surface area contributed by atoms with Crippen LogP contribution in [0.2, 0.25) is 0 Å². The zero-order chi connectivity index (χ0) is 16.4. The van der Waals surface area contributed by atoms with E-state index in [1.165, 1.54) is 18.7 Å². The second kappa shape index (κ2) is 6.28. The number of rotatable bonds is 3. The molecule has 2 aromatic carbocycles. The summed E-state index contributed by atoms with van der Waals surface area (Å²) >= 11 is 0. The van der Waals surface area contributed by atoms with Crippen molar-refractivity contribution in [2.75, 3.05) is 18.6 Å². The predicted molar refractivity (Wildman–Crippen MR) is 87.4 cm³/mol. The van der Waals surface area contributed by atoms with Gasteiger partial charge in [0.1, 0.15) is 0 Å². The van der Waals surface area contributed by atoms with E-state index in [9.17, 15) is 9.18 Å². The minimum Gasteiger partial charge on any atom is -0.494 e. The number of nitrogens with zero attached hydrogens (tertiary/aromatic N) is 1. The number of halogens is 1. The van der Waals surface area contributed by atoms with Crippen molar-refractivity contribution >= 4 is 11.7 Å². The first-order chi connectivity index (χ1) is 11.1. The maximum Gasteiger partial charge on any atom is 0.322 e. The zero-order valence-electron chi connectivity index (χ0n) is 13.2. The Morgan fingerprint density at radius 1 is 1.30 bits per heavy atom. The van der Waals surface area contributed by atoms with Crippen molar-refractivity contribution in [3.63, 3.8) is 0 Å². The number of hydrogen-bond acceptors (Lipinski definition) is 2. The van der Waals surface area contributed by atoms with Crippen LogP contribution < -0.4 is 15.0 Å². The molecule has 23 heavy (non-hydrogen) atoms. The average Bonchev–Trinajstić information content (AvgIpc) is 2.98. The molecule has 4 nitrogen and oxygen atoms in total. The van der Waals surface area contributed by atoms with Crippen LogP contribution in [0.1, 0.15) is 24.1 Å². The van der Waals surface area contributed by atoms with Gasteiger partial charge in [-0.2, -0.15) is 0 Å². The van der Waals surface area contributed by atoms with Crippen molar-refractivity contribution in [1.82, 2.24) is 5.32 Å². The fraction of sp³-hybridized carbons (Fsp3) is 0.278. The first-order valence-corrected chi connectivity index (χ1v) is 7.59. The lowest BCUT2D eigenvalue weighted by Gasteiger charge is -2.22. The van der Waals surface area contributed by atoms with E-state index in [1.807, 2.05) is 31.2 Å². The third-order valence-electron chi connectivity index (χ3n) is 4.15. The van der Waals surface area contributed by atoms with E-state index in [-0.39, 0.29) is 17.8 Å². The number of para-hydroxylation sites is 1. The number of ether oxygens (including phenoxy) is 1. The molecule has 1 atom stereocenters. The van der Waals surface area contributed by atoms with Crippen LogP contribution in [-0.2, 0) is 6.42 Å². The minimum atomic E-state index is -0.433. The third-order valence-corrected chi connectivity index (χ3v) is 4.15. The standard InChI is InChI=1S/C18H19FN2O2/c1-12(14-7-8-17(23-2)15(19)11-14)20-18(22)21-10-9-13-5-3-4-6-16(13)21/h3-8,11-12H,9-10H2,1-2H3,(H,20,22). The van der Waals surface area contributed by atoms with Crippen LogP contribution in [-0.4, -0.2) is 19.7 Å². The fourth-order valence-electron chi connectivity index (χ4n) is 2.85. The second-order valence-corrected chi connectivity index (χ2v) is 5.60. The lowest BCUT2D eigenvalue weighted by atomic mass is 10.1. The number of carbonyl (C=O) groups excluding carboxylic acids is 1. The summed E-state index contributed by atoms with van der Waals surface area (Å²) in [7, 11) is 1.42. The molecule has 5 heteroatoms. The average molecular weight is 314 g/mol. The fourth-order valence-corrected chi connectivity index (χ4v) is 2.85. The van der Waals surface area contributed by atoms with Crippen LogP contribution in [0.15, 0.2) is 42.5 Å². The molecule has 1 unspecified atom stereocenters. The van der Waals surface area contributed by atoms with Crippen LogP contribution in [0.25, 0.3) is 0 Å². The number of amides is 2. The molecule has 0 bridgehead atoms. The molecule has 1 aliphatic heterocycles. The number of nitrogens with one attached hydrogen (secondary N) is 1. The van der Waals surface area contributed by atoms with Crippen LogP contribution in [0.3, 0.4) is 0 Å². The highest BCUT2D eigenvalue weighted by molar-refractivity contribution is 5.94. The Labute approximate surface area is 134 Å². The van der Waals surface area contributed by atoms with E-state index in [1.54, 1.807) is 17.0 Å². The van der Waals surface area contributed by atoms with Crippen molar-refractivity contribution in [3.05, 3.63) is 59.4 Å². The van der Waals surface area contributed by atoms with Crippen LogP contribution in [0, 0.1) is 5.82 Å². The molecule has 0 saturated carbocycles. The lowest BCUT2D eigenvalue weighted by Crippen LogP contribution is -2.40. The van der Waals surface area contributed by atoms with Gasteiger partial charge in [0.05, 0.1) is 13.2 Å². The molecule has 3 rings (SSSR count). The molecular weight excluding hydrogens is 295 g/mol. The van der Waals surface area contributed by atoms with Crippen molar-refractivity contribution in [3.8, 4) is 5.75 Å². The SMILES string of the molecule is COc1ccc(C(C)NC(=O)N2CCc3ccccc32)cc1F. The van der Waals surface area contributed by atoms with Gasteiger partial charge in [-0.25, -0.2) is 9.18 Å². The third kappa shape index (κ3) is 2.99. The van der Waals surface area contributed by atoms with Gasteiger partial charge >= 0.3 is 6.03 Å². The molecule has 120 valence electrons. The number of benzene rings is 2. The summed E-state index contributed by atoms with van der Waals surface area (Å²) in [4.78, 5) is 14.2. The highest BCUT2D eigenvalue weighted by Gasteiger charge is 2.25. The first kappa shape index (κ1) is 15.3. The summed E-state index contributed by atoms with van der Waals surface area (Å²) in [6.45, 7) is 2.50. The van der Waals surface area contributed by atoms with E-state index in [0.29, 0.717) is 12.1 Å². The summed E-state index contributed by atoms with van der Waals surface area (Å²) in [5.74, 6) is -0.238. The second-order valence-electron chi connectivity index (χ2n) is 5.60. The number of carbonyl (C=O) groups is 1. The van der Waals surface area contributed by atoms with Gasteiger partial charge in [-0.3, -0.25) is 4.90 Å². The molecule has 0 fully saturated rings. The van der Waals surface area contributed by atoms with Gasteiger partial charge in [0.2, 0.25) is 0 Å². The molecule has 0 spiro atoms. The lowest BCUT2D eigenvalue weighted by molar-refractivity contribution is 0.244. The molecule has 1 heterocycles. The van der Waals surface area contributed by atoms with E-state index in [0.717, 1.165) is 12.1 Å². The number of fused-ring (bicyclic) bond motifs is 1. The quantitative estimate of drug-likeness (QED) is 0.939. The normalized spacial score (nSPS) is 14.3. The molecule has 1 N–H and O–H groups in total. The molecule has 1 aliphatic rings. The Morgan fingerprint density at radius 2 is 2.09 bits per heavy atom. The summed E-state index contributed by atoms with van der Waals surface area (Å²) < 4.78 is 18.7. The van der Waals surface area contributed by atoms with Crippen molar-refractivity contribution < 1.29 is 13.9 Å². The molecule has 0 radical (unpaired) electrons. The molecule has 2 amide bonds. The van der Waals surface area contributed by atoms with E-state index in [2.05, 4.69) is 5.32 Å². The topological polar surface area (TPSA) is 41.6 Å². The summed E-state index contributed by atoms with van der Waals surface area (Å²) in [5, 5.41) is 2.92. The van der Waals surface area contributed by atoms with Crippen LogP contribution in [0.5, 0.6) is 5.75 Å². The molecule has 0 aromatic heterocycles. The highest BCUT2D eigenvalue weighted by Crippen LogP contribution is 2.28. The van der Waals surface area contributed by atoms with E-state index in [4.69, 9.17) is 4.74 Å². The molecular formula is C18H19FN2O2. The van der Waals surface area contributed by atoms with Crippen molar-refractivity contribution in [2.45, 2.75) is 19.4 Å². The molecule has 0 saturated heterocycles. The Kier molecular flexibility index (Phi) is 4.19. The Morgan fingerprint density at radius 3 is 2.83 bits per heavy atom. The van der Waals surface area contributed by atoms with Crippen molar-refractivity contribution in [1.29, 1.82) is 0 Å². The number of methoxy groups -OCH3 is 1. The Hall–Kier alpha value is -2.56. The van der Waals surface area contributed by atoms with Gasteiger partial charge in [-0.05, 0) is 42.7 Å². The van der Waals surface area contributed by atoms with Gasteiger partial charge in [0.15, 0.2) is 11.6 Å². The van der Waals surface area contributed by atoms with E-state index >= 15 is 0 Å². The van der Waals surface area contributed by atoms with Gasteiger partial charge in [0.25, 0.3) is 0 Å². The summed E-state index contributed by atoms with van der Waals surface area (Å²) in [6.07, 6.45) is 0.856. The molecule has 2 aromatic rings. The summed E-state index contributed by atoms with van der Waals surface area (Å²) in [6, 6.07) is 12.1. The molecule has 0 aliphatic carbocycles. The smallest absolute Gasteiger partial charge is 0.322 e. The maximum absolute atomic E-state index is 13.8. The highest BCUT2D eigenvalue weighted by atomic mass is 19.1.